The summed E-state index contributed by atoms with van der Waals surface area (Å²) in [5, 5.41) is 5.98. The van der Waals surface area contributed by atoms with E-state index in [4.69, 9.17) is 0 Å². The van der Waals surface area contributed by atoms with E-state index in [0.717, 1.165) is 32.1 Å². The summed E-state index contributed by atoms with van der Waals surface area (Å²) in [7, 11) is 0. The van der Waals surface area contributed by atoms with Crippen LogP contribution in [0.25, 0.3) is 0 Å². The molecule has 4 nitrogen and oxygen atoms in total. The van der Waals surface area contributed by atoms with E-state index in [-0.39, 0.29) is 23.9 Å². The first-order chi connectivity index (χ1) is 7.24. The lowest BCUT2D eigenvalue weighted by Gasteiger charge is -2.30. The van der Waals surface area contributed by atoms with Crippen molar-refractivity contribution in [2.24, 2.45) is 0 Å². The van der Waals surface area contributed by atoms with Gasteiger partial charge in [-0.1, -0.05) is 0 Å². The second-order valence-electron chi connectivity index (χ2n) is 4.55. The van der Waals surface area contributed by atoms with Crippen LogP contribution < -0.4 is 10.6 Å². The quantitative estimate of drug-likeness (QED) is 0.705. The smallest absolute Gasteiger partial charge is 0.220 e. The van der Waals surface area contributed by atoms with Crippen molar-refractivity contribution in [2.75, 3.05) is 0 Å². The molecular formula is C11H18N2O2. The van der Waals surface area contributed by atoms with Crippen LogP contribution in [0.4, 0.5) is 0 Å². The third-order valence-electron chi connectivity index (χ3n) is 3.21. The molecule has 0 bridgehead atoms. The van der Waals surface area contributed by atoms with Crippen molar-refractivity contribution in [1.29, 1.82) is 0 Å². The van der Waals surface area contributed by atoms with Gasteiger partial charge in [0.05, 0.1) is 0 Å². The molecule has 0 aliphatic carbocycles. The molecule has 2 aliphatic heterocycles. The molecule has 0 aromatic carbocycles. The molecule has 2 amide bonds. The molecule has 0 spiro atoms. The number of piperidine rings is 2. The molecule has 2 rings (SSSR count). The van der Waals surface area contributed by atoms with Gasteiger partial charge in [0.25, 0.3) is 0 Å². The summed E-state index contributed by atoms with van der Waals surface area (Å²) in [6.07, 6.45) is 6.29. The Bertz CT molecular complexity index is 239. The van der Waals surface area contributed by atoms with Gasteiger partial charge < -0.3 is 10.6 Å². The molecule has 2 heterocycles. The third kappa shape index (κ3) is 2.94. The van der Waals surface area contributed by atoms with Crippen LogP contribution >= 0.6 is 0 Å². The average Bonchev–Trinajstić information content (AvgIpc) is 2.17. The summed E-state index contributed by atoms with van der Waals surface area (Å²) >= 11 is 0. The van der Waals surface area contributed by atoms with Gasteiger partial charge in [0.15, 0.2) is 0 Å². The highest BCUT2D eigenvalue weighted by molar-refractivity contribution is 5.77. The maximum Gasteiger partial charge on any atom is 0.220 e. The second-order valence-corrected chi connectivity index (χ2v) is 4.55. The molecule has 0 aromatic heterocycles. The lowest BCUT2D eigenvalue weighted by Crippen LogP contribution is -2.46. The fourth-order valence-corrected chi connectivity index (χ4v) is 2.46. The monoisotopic (exact) mass is 210 g/mol. The van der Waals surface area contributed by atoms with Crippen LogP contribution in [0, 0.1) is 0 Å². The minimum Gasteiger partial charge on any atom is -0.353 e. The van der Waals surface area contributed by atoms with Crippen molar-refractivity contribution in [3.05, 3.63) is 0 Å². The Balaban J connectivity index is 1.80. The number of carbonyl (C=O) groups excluding carboxylic acids is 2. The Kier molecular flexibility index (Phi) is 3.23. The van der Waals surface area contributed by atoms with Gasteiger partial charge >= 0.3 is 0 Å². The number of hydrogen-bond acceptors (Lipinski definition) is 2. The lowest BCUT2D eigenvalue weighted by molar-refractivity contribution is -0.123. The molecule has 0 radical (unpaired) electrons. The van der Waals surface area contributed by atoms with Crippen LogP contribution in [-0.4, -0.2) is 23.9 Å². The number of nitrogens with one attached hydrogen (secondary N) is 2. The van der Waals surface area contributed by atoms with E-state index in [0.29, 0.717) is 12.8 Å². The molecule has 0 aromatic rings. The zero-order valence-corrected chi connectivity index (χ0v) is 8.92. The van der Waals surface area contributed by atoms with Crippen molar-refractivity contribution in [3.63, 3.8) is 0 Å². The van der Waals surface area contributed by atoms with Crippen LogP contribution in [0.5, 0.6) is 0 Å². The summed E-state index contributed by atoms with van der Waals surface area (Å²) in [5.74, 6) is 0.321. The first kappa shape index (κ1) is 10.5. The second kappa shape index (κ2) is 4.64. The standard InChI is InChI=1S/C11H18N2O2/c14-10-5-1-3-8(12-10)7-9-4-2-6-11(15)13-9/h8-9H,1-7H2,(H,12,14)(H,13,15). The Morgan fingerprint density at radius 1 is 0.933 bits per heavy atom. The van der Waals surface area contributed by atoms with Gasteiger partial charge in [-0.3, -0.25) is 9.59 Å². The zero-order chi connectivity index (χ0) is 10.7. The van der Waals surface area contributed by atoms with Crippen LogP contribution in [0.1, 0.15) is 44.9 Å². The Morgan fingerprint density at radius 3 is 1.80 bits per heavy atom. The molecule has 2 fully saturated rings. The maximum atomic E-state index is 11.2. The molecule has 4 heteroatoms. The summed E-state index contributed by atoms with van der Waals surface area (Å²) in [5.41, 5.74) is 0. The van der Waals surface area contributed by atoms with Crippen LogP contribution in [0.3, 0.4) is 0 Å². The largest absolute Gasteiger partial charge is 0.353 e. The first-order valence-corrected chi connectivity index (χ1v) is 5.83. The van der Waals surface area contributed by atoms with Gasteiger partial charge in [0, 0.05) is 24.9 Å². The van der Waals surface area contributed by atoms with Crippen LogP contribution in [0.2, 0.25) is 0 Å². The van der Waals surface area contributed by atoms with E-state index in [9.17, 15) is 9.59 Å². The minimum absolute atomic E-state index is 0.161. The normalized spacial score (nSPS) is 32.0. The Hall–Kier alpha value is -1.06. The summed E-state index contributed by atoms with van der Waals surface area (Å²) < 4.78 is 0. The molecular weight excluding hydrogens is 192 g/mol. The number of rotatable bonds is 2. The molecule has 15 heavy (non-hydrogen) atoms. The minimum atomic E-state index is 0.161. The van der Waals surface area contributed by atoms with Gasteiger partial charge in [0.2, 0.25) is 11.8 Å². The summed E-state index contributed by atoms with van der Waals surface area (Å²) in [6, 6.07) is 0.546. The highest BCUT2D eigenvalue weighted by Gasteiger charge is 2.24. The zero-order valence-electron chi connectivity index (χ0n) is 8.92. The maximum absolute atomic E-state index is 11.2. The van der Waals surface area contributed by atoms with Gasteiger partial charge in [-0.25, -0.2) is 0 Å². The molecule has 2 atom stereocenters. The van der Waals surface area contributed by atoms with Gasteiger partial charge in [-0.2, -0.15) is 0 Å². The average molecular weight is 210 g/mol. The summed E-state index contributed by atoms with van der Waals surface area (Å²) in [4.78, 5) is 22.4. The molecule has 2 N–H and O–H groups in total. The predicted octanol–water partition coefficient (Wildman–Crippen LogP) is 0.714. The van der Waals surface area contributed by atoms with E-state index >= 15 is 0 Å². The fourth-order valence-electron chi connectivity index (χ4n) is 2.46. The van der Waals surface area contributed by atoms with Crippen molar-refractivity contribution >= 4 is 11.8 Å². The van der Waals surface area contributed by atoms with Crippen LogP contribution in [-0.2, 0) is 9.59 Å². The highest BCUT2D eigenvalue weighted by Crippen LogP contribution is 2.17. The van der Waals surface area contributed by atoms with E-state index in [2.05, 4.69) is 10.6 Å². The van der Waals surface area contributed by atoms with Crippen LogP contribution in [0.15, 0.2) is 0 Å². The van der Waals surface area contributed by atoms with Gasteiger partial charge in [-0.15, -0.1) is 0 Å². The van der Waals surface area contributed by atoms with Crippen molar-refractivity contribution < 1.29 is 9.59 Å². The van der Waals surface area contributed by atoms with E-state index in [1.807, 2.05) is 0 Å². The number of carbonyl (C=O) groups is 2. The highest BCUT2D eigenvalue weighted by atomic mass is 16.2. The first-order valence-electron chi connectivity index (χ1n) is 5.83. The Morgan fingerprint density at radius 2 is 1.40 bits per heavy atom. The fraction of sp³-hybridized carbons (Fsp3) is 0.818. The topological polar surface area (TPSA) is 58.2 Å². The van der Waals surface area contributed by atoms with E-state index < -0.39 is 0 Å². The van der Waals surface area contributed by atoms with Crippen molar-refractivity contribution in [3.8, 4) is 0 Å². The molecule has 2 aliphatic rings. The molecule has 2 saturated heterocycles. The predicted molar refractivity (Wildman–Crippen MR) is 56.2 cm³/mol. The molecule has 2 unspecified atom stereocenters. The lowest BCUT2D eigenvalue weighted by atomic mass is 9.93. The molecule has 0 saturated carbocycles. The number of amides is 2. The van der Waals surface area contributed by atoms with Gasteiger partial charge in [-0.05, 0) is 32.1 Å². The third-order valence-corrected chi connectivity index (χ3v) is 3.21. The van der Waals surface area contributed by atoms with Crippen molar-refractivity contribution in [2.45, 2.75) is 57.0 Å². The van der Waals surface area contributed by atoms with E-state index in [1.165, 1.54) is 0 Å². The number of hydrogen-bond donors (Lipinski definition) is 2. The molecule has 84 valence electrons. The SMILES string of the molecule is O=C1CCCC(CC2CCCC(=O)N2)N1. The summed E-state index contributed by atoms with van der Waals surface area (Å²) in [6.45, 7) is 0. The Labute approximate surface area is 89.8 Å². The van der Waals surface area contributed by atoms with Crippen molar-refractivity contribution in [1.82, 2.24) is 10.6 Å². The van der Waals surface area contributed by atoms with E-state index in [1.54, 1.807) is 0 Å². The van der Waals surface area contributed by atoms with Gasteiger partial charge in [0.1, 0.15) is 0 Å².